The van der Waals surface area contributed by atoms with E-state index in [0.717, 1.165) is 17.5 Å². The molecule has 0 fully saturated rings. The molecule has 0 saturated heterocycles. The lowest BCUT2D eigenvalue weighted by atomic mass is 9.98. The van der Waals surface area contributed by atoms with Gasteiger partial charge in [0.25, 0.3) is 0 Å². The number of rotatable bonds is 2. The minimum absolute atomic E-state index is 0.210. The van der Waals surface area contributed by atoms with E-state index in [2.05, 4.69) is 13.0 Å². The first-order valence-electron chi connectivity index (χ1n) is 5.07. The third kappa shape index (κ3) is 1.91. The summed E-state index contributed by atoms with van der Waals surface area (Å²) in [5.74, 6) is -0.210. The molecule has 0 saturated carbocycles. The molecule has 0 N–H and O–H groups in total. The van der Waals surface area contributed by atoms with E-state index in [1.807, 2.05) is 24.3 Å². The van der Waals surface area contributed by atoms with E-state index < -0.39 is 0 Å². The lowest BCUT2D eigenvalue weighted by Gasteiger charge is -2.07. The van der Waals surface area contributed by atoms with Crippen LogP contribution in [0.5, 0.6) is 0 Å². The molecule has 0 amide bonds. The molecular formula is C14H12F. The van der Waals surface area contributed by atoms with Gasteiger partial charge in [-0.2, -0.15) is 0 Å². The van der Waals surface area contributed by atoms with Gasteiger partial charge < -0.3 is 0 Å². The summed E-state index contributed by atoms with van der Waals surface area (Å²) in [7, 11) is 0. The van der Waals surface area contributed by atoms with E-state index in [4.69, 9.17) is 0 Å². The van der Waals surface area contributed by atoms with Crippen LogP contribution in [-0.2, 0) is 6.42 Å². The summed E-state index contributed by atoms with van der Waals surface area (Å²) >= 11 is 0. The molecule has 0 atom stereocenters. The third-order valence-corrected chi connectivity index (χ3v) is 2.47. The first-order valence-corrected chi connectivity index (χ1v) is 5.07. The molecule has 75 valence electrons. The molecule has 0 spiro atoms. The average Bonchev–Trinajstić information content (AvgIpc) is 2.30. The van der Waals surface area contributed by atoms with Crippen LogP contribution < -0.4 is 0 Å². The van der Waals surface area contributed by atoms with Crippen molar-refractivity contribution in [3.63, 3.8) is 0 Å². The fourth-order valence-electron chi connectivity index (χ4n) is 1.70. The fourth-order valence-corrected chi connectivity index (χ4v) is 1.70. The zero-order chi connectivity index (χ0) is 10.7. The number of halogens is 1. The monoisotopic (exact) mass is 199 g/mol. The molecule has 0 bridgehead atoms. The summed E-state index contributed by atoms with van der Waals surface area (Å²) in [6, 6.07) is 15.7. The molecule has 0 aliphatic heterocycles. The Balaban J connectivity index is 2.59. The van der Waals surface area contributed by atoms with E-state index in [1.165, 1.54) is 6.07 Å². The maximum Gasteiger partial charge on any atom is 0.131 e. The third-order valence-electron chi connectivity index (χ3n) is 2.47. The maximum absolute atomic E-state index is 13.6. The van der Waals surface area contributed by atoms with Crippen molar-refractivity contribution >= 4 is 0 Å². The Labute approximate surface area is 89.4 Å². The summed E-state index contributed by atoms with van der Waals surface area (Å²) in [6.07, 6.45) is 0.901. The Bertz CT molecular complexity index is 460. The van der Waals surface area contributed by atoms with Crippen molar-refractivity contribution in [2.45, 2.75) is 13.3 Å². The predicted octanol–water partition coefficient (Wildman–Crippen LogP) is 3.86. The van der Waals surface area contributed by atoms with Gasteiger partial charge in [0.05, 0.1) is 0 Å². The smallest absolute Gasteiger partial charge is 0.131 e. The lowest BCUT2D eigenvalue weighted by Crippen LogP contribution is -1.89. The first-order chi connectivity index (χ1) is 7.33. The Morgan fingerprint density at radius 1 is 1.13 bits per heavy atom. The molecule has 0 aliphatic rings. The lowest BCUT2D eigenvalue weighted by molar-refractivity contribution is 0.631. The van der Waals surface area contributed by atoms with Crippen molar-refractivity contribution in [1.29, 1.82) is 0 Å². The maximum atomic E-state index is 13.6. The summed E-state index contributed by atoms with van der Waals surface area (Å²) in [5.41, 5.74) is 2.66. The highest BCUT2D eigenvalue weighted by molar-refractivity contribution is 5.67. The molecule has 1 heteroatoms. The van der Waals surface area contributed by atoms with Gasteiger partial charge in [-0.25, -0.2) is 4.39 Å². The van der Waals surface area contributed by atoms with Crippen LogP contribution in [0.2, 0.25) is 0 Å². The number of benzene rings is 2. The molecule has 2 aromatic rings. The number of aryl methyl sites for hydroxylation is 1. The van der Waals surface area contributed by atoms with Gasteiger partial charge in [0.15, 0.2) is 0 Å². The van der Waals surface area contributed by atoms with E-state index in [1.54, 1.807) is 12.1 Å². The van der Waals surface area contributed by atoms with Crippen LogP contribution >= 0.6 is 0 Å². The van der Waals surface area contributed by atoms with Crippen LogP contribution in [0, 0.1) is 11.9 Å². The summed E-state index contributed by atoms with van der Waals surface area (Å²) < 4.78 is 13.6. The largest absolute Gasteiger partial charge is 0.206 e. The second-order valence-electron chi connectivity index (χ2n) is 3.40. The van der Waals surface area contributed by atoms with Crippen LogP contribution in [-0.4, -0.2) is 0 Å². The molecule has 0 unspecified atom stereocenters. The number of hydrogen-bond acceptors (Lipinski definition) is 0. The fraction of sp³-hybridized carbons (Fsp3) is 0.143. The number of hydrogen-bond donors (Lipinski definition) is 0. The van der Waals surface area contributed by atoms with Crippen LogP contribution in [0.25, 0.3) is 11.1 Å². The van der Waals surface area contributed by atoms with Gasteiger partial charge in [-0.3, -0.25) is 0 Å². The van der Waals surface area contributed by atoms with Gasteiger partial charge in [0.2, 0.25) is 0 Å². The molecule has 0 aromatic heterocycles. The summed E-state index contributed by atoms with van der Waals surface area (Å²) in [4.78, 5) is 0. The van der Waals surface area contributed by atoms with Gasteiger partial charge in [0.1, 0.15) is 5.82 Å². The molecule has 2 aromatic carbocycles. The second-order valence-corrected chi connectivity index (χ2v) is 3.40. The highest BCUT2D eigenvalue weighted by Crippen LogP contribution is 2.25. The van der Waals surface area contributed by atoms with E-state index in [0.29, 0.717) is 5.56 Å². The molecule has 0 heterocycles. The highest BCUT2D eigenvalue weighted by Gasteiger charge is 2.07. The standard InChI is InChI=1S/C14H12F/c1-2-11-7-3-4-8-12(11)13-9-5-6-10-14(13)15/h3-8,10H,2H2,1H3. The zero-order valence-electron chi connectivity index (χ0n) is 8.63. The van der Waals surface area contributed by atoms with Crippen molar-refractivity contribution in [2.24, 2.45) is 0 Å². The van der Waals surface area contributed by atoms with Gasteiger partial charge in [-0.05, 0) is 29.7 Å². The minimum atomic E-state index is -0.210. The molecular weight excluding hydrogens is 187 g/mol. The Hall–Kier alpha value is -1.63. The summed E-state index contributed by atoms with van der Waals surface area (Å²) in [6.45, 7) is 2.07. The molecule has 2 rings (SSSR count). The molecule has 15 heavy (non-hydrogen) atoms. The molecule has 1 radical (unpaired) electrons. The van der Waals surface area contributed by atoms with Crippen LogP contribution in [0.4, 0.5) is 4.39 Å². The van der Waals surface area contributed by atoms with Gasteiger partial charge in [-0.1, -0.05) is 43.3 Å². The van der Waals surface area contributed by atoms with Crippen molar-refractivity contribution in [2.75, 3.05) is 0 Å². The van der Waals surface area contributed by atoms with Gasteiger partial charge in [0, 0.05) is 5.56 Å². The van der Waals surface area contributed by atoms with E-state index >= 15 is 0 Å². The highest BCUT2D eigenvalue weighted by atomic mass is 19.1. The van der Waals surface area contributed by atoms with Crippen molar-refractivity contribution in [3.8, 4) is 11.1 Å². The Morgan fingerprint density at radius 3 is 2.67 bits per heavy atom. The topological polar surface area (TPSA) is 0 Å². The van der Waals surface area contributed by atoms with Gasteiger partial charge >= 0.3 is 0 Å². The van der Waals surface area contributed by atoms with Crippen LogP contribution in [0.1, 0.15) is 12.5 Å². The molecule has 0 aliphatic carbocycles. The van der Waals surface area contributed by atoms with Crippen molar-refractivity contribution in [1.82, 2.24) is 0 Å². The minimum Gasteiger partial charge on any atom is -0.206 e. The Kier molecular flexibility index (Phi) is 2.82. The average molecular weight is 199 g/mol. The second kappa shape index (κ2) is 4.26. The van der Waals surface area contributed by atoms with E-state index in [9.17, 15) is 4.39 Å². The van der Waals surface area contributed by atoms with Crippen molar-refractivity contribution < 1.29 is 4.39 Å². The normalized spacial score (nSPS) is 10.3. The van der Waals surface area contributed by atoms with Crippen molar-refractivity contribution in [3.05, 3.63) is 59.9 Å². The predicted molar refractivity (Wildman–Crippen MR) is 60.1 cm³/mol. The quantitative estimate of drug-likeness (QED) is 0.689. The van der Waals surface area contributed by atoms with Crippen LogP contribution in [0.3, 0.4) is 0 Å². The van der Waals surface area contributed by atoms with E-state index in [-0.39, 0.29) is 5.82 Å². The SMILES string of the molecule is CCc1ccccc1-c1[c]cccc1F. The zero-order valence-corrected chi connectivity index (χ0v) is 8.63. The Morgan fingerprint density at radius 2 is 1.93 bits per heavy atom. The summed E-state index contributed by atoms with van der Waals surface area (Å²) in [5, 5.41) is 0. The first kappa shape index (κ1) is 9.91. The van der Waals surface area contributed by atoms with Crippen LogP contribution in [0.15, 0.2) is 42.5 Å². The van der Waals surface area contributed by atoms with Gasteiger partial charge in [-0.15, -0.1) is 0 Å². The molecule has 0 nitrogen and oxygen atoms in total.